The van der Waals surface area contributed by atoms with E-state index in [9.17, 15) is 0 Å². The van der Waals surface area contributed by atoms with Crippen LogP contribution in [-0.4, -0.2) is 26.8 Å². The number of anilines is 1. The standard InChI is InChI=1S/C15H15N5OS/c1-2-21-13-9-16-8-12(18-13)17-10-14-19-20-15(22-14)11-6-4-3-5-7-11/h3-9H,2,10H2,1H3,(H,17,18). The molecule has 2 heterocycles. The molecule has 22 heavy (non-hydrogen) atoms. The van der Waals surface area contributed by atoms with Crippen LogP contribution in [0.1, 0.15) is 11.9 Å². The molecule has 0 aliphatic rings. The summed E-state index contributed by atoms with van der Waals surface area (Å²) >= 11 is 1.56. The molecule has 0 bridgehead atoms. The van der Waals surface area contributed by atoms with E-state index in [0.29, 0.717) is 24.8 Å². The zero-order chi connectivity index (χ0) is 15.2. The molecule has 0 radical (unpaired) electrons. The Bertz CT molecular complexity index is 732. The lowest BCUT2D eigenvalue weighted by atomic mass is 10.2. The first kappa shape index (κ1) is 14.4. The molecule has 0 aliphatic heterocycles. The summed E-state index contributed by atoms with van der Waals surface area (Å²) < 4.78 is 5.32. The largest absolute Gasteiger partial charge is 0.477 e. The monoisotopic (exact) mass is 313 g/mol. The Balaban J connectivity index is 1.65. The zero-order valence-corrected chi connectivity index (χ0v) is 12.9. The molecular weight excluding hydrogens is 298 g/mol. The average Bonchev–Trinajstić information content (AvgIpc) is 3.04. The van der Waals surface area contributed by atoms with Gasteiger partial charge in [-0.05, 0) is 6.92 Å². The van der Waals surface area contributed by atoms with Crippen molar-refractivity contribution in [2.45, 2.75) is 13.5 Å². The quantitative estimate of drug-likeness (QED) is 0.754. The van der Waals surface area contributed by atoms with Gasteiger partial charge in [0.15, 0.2) is 0 Å². The third-order valence-corrected chi connectivity index (χ3v) is 3.79. The molecule has 0 amide bonds. The van der Waals surface area contributed by atoms with Crippen molar-refractivity contribution in [2.24, 2.45) is 0 Å². The molecule has 6 nitrogen and oxygen atoms in total. The Kier molecular flexibility index (Phi) is 4.55. The van der Waals surface area contributed by atoms with E-state index in [1.165, 1.54) is 0 Å². The molecule has 2 aromatic heterocycles. The fourth-order valence-corrected chi connectivity index (χ4v) is 2.62. The van der Waals surface area contributed by atoms with Crippen LogP contribution in [0, 0.1) is 0 Å². The number of hydrogen-bond acceptors (Lipinski definition) is 7. The van der Waals surface area contributed by atoms with Gasteiger partial charge < -0.3 is 10.1 Å². The summed E-state index contributed by atoms with van der Waals surface area (Å²) in [6.07, 6.45) is 3.24. The Hall–Kier alpha value is -2.54. The Labute approximate surface area is 132 Å². The molecule has 0 atom stereocenters. The third kappa shape index (κ3) is 3.56. The number of nitrogens with one attached hydrogen (secondary N) is 1. The van der Waals surface area contributed by atoms with Crippen LogP contribution in [0.2, 0.25) is 0 Å². The summed E-state index contributed by atoms with van der Waals surface area (Å²) in [7, 11) is 0. The molecule has 3 rings (SSSR count). The highest BCUT2D eigenvalue weighted by atomic mass is 32.1. The minimum absolute atomic E-state index is 0.509. The van der Waals surface area contributed by atoms with E-state index in [1.807, 2.05) is 37.3 Å². The van der Waals surface area contributed by atoms with Gasteiger partial charge in [-0.1, -0.05) is 41.7 Å². The first-order valence-electron chi connectivity index (χ1n) is 6.91. The molecule has 112 valence electrons. The molecule has 3 aromatic rings. The van der Waals surface area contributed by atoms with Crippen LogP contribution in [0.5, 0.6) is 5.88 Å². The highest BCUT2D eigenvalue weighted by Gasteiger charge is 2.06. The second-order valence-electron chi connectivity index (χ2n) is 4.40. The fraction of sp³-hybridized carbons (Fsp3) is 0.200. The number of hydrogen-bond donors (Lipinski definition) is 1. The van der Waals surface area contributed by atoms with Gasteiger partial charge in [0.05, 0.1) is 25.5 Å². The molecule has 0 aliphatic carbocycles. The maximum absolute atomic E-state index is 5.32. The van der Waals surface area contributed by atoms with Gasteiger partial charge in [0, 0.05) is 5.56 Å². The smallest absolute Gasteiger partial charge is 0.234 e. The number of ether oxygens (including phenoxy) is 1. The SMILES string of the molecule is CCOc1cncc(NCc2nnc(-c3ccccc3)s2)n1. The van der Waals surface area contributed by atoms with Gasteiger partial charge >= 0.3 is 0 Å². The molecule has 1 N–H and O–H groups in total. The first-order chi connectivity index (χ1) is 10.8. The van der Waals surface area contributed by atoms with Gasteiger partial charge in [-0.15, -0.1) is 10.2 Å². The van der Waals surface area contributed by atoms with E-state index in [4.69, 9.17) is 4.74 Å². The second-order valence-corrected chi connectivity index (χ2v) is 5.46. The van der Waals surface area contributed by atoms with Crippen molar-refractivity contribution in [1.82, 2.24) is 20.2 Å². The van der Waals surface area contributed by atoms with Crippen LogP contribution < -0.4 is 10.1 Å². The van der Waals surface area contributed by atoms with Gasteiger partial charge in [-0.3, -0.25) is 4.98 Å². The van der Waals surface area contributed by atoms with Crippen molar-refractivity contribution in [1.29, 1.82) is 0 Å². The van der Waals surface area contributed by atoms with Crippen LogP contribution in [0.15, 0.2) is 42.7 Å². The predicted octanol–water partition coefficient (Wildman–Crippen LogP) is 3.01. The number of aromatic nitrogens is 4. The molecule has 0 saturated carbocycles. The van der Waals surface area contributed by atoms with E-state index in [1.54, 1.807) is 23.7 Å². The fourth-order valence-electron chi connectivity index (χ4n) is 1.84. The molecule has 1 aromatic carbocycles. The van der Waals surface area contributed by atoms with E-state index in [0.717, 1.165) is 15.6 Å². The minimum atomic E-state index is 0.509. The van der Waals surface area contributed by atoms with Crippen LogP contribution in [-0.2, 0) is 6.54 Å². The molecule has 0 fully saturated rings. The van der Waals surface area contributed by atoms with E-state index in [2.05, 4.69) is 25.5 Å². The van der Waals surface area contributed by atoms with Crippen molar-refractivity contribution in [3.63, 3.8) is 0 Å². The predicted molar refractivity (Wildman–Crippen MR) is 85.9 cm³/mol. The Morgan fingerprint density at radius 3 is 2.82 bits per heavy atom. The number of benzene rings is 1. The summed E-state index contributed by atoms with van der Waals surface area (Å²) in [5.41, 5.74) is 1.07. The van der Waals surface area contributed by atoms with Gasteiger partial charge in [0.25, 0.3) is 0 Å². The van der Waals surface area contributed by atoms with Crippen molar-refractivity contribution >= 4 is 17.2 Å². The lowest BCUT2D eigenvalue weighted by molar-refractivity contribution is 0.325. The molecule has 0 unspecified atom stereocenters. The van der Waals surface area contributed by atoms with E-state index < -0.39 is 0 Å². The summed E-state index contributed by atoms with van der Waals surface area (Å²) in [6.45, 7) is 3.03. The topological polar surface area (TPSA) is 72.8 Å². The van der Waals surface area contributed by atoms with Crippen LogP contribution in [0.4, 0.5) is 5.82 Å². The molecule has 0 saturated heterocycles. The Morgan fingerprint density at radius 2 is 2.00 bits per heavy atom. The normalized spacial score (nSPS) is 10.4. The van der Waals surface area contributed by atoms with Crippen LogP contribution in [0.25, 0.3) is 10.6 Å². The lowest BCUT2D eigenvalue weighted by Gasteiger charge is -2.05. The van der Waals surface area contributed by atoms with Crippen molar-refractivity contribution in [2.75, 3.05) is 11.9 Å². The molecule has 7 heteroatoms. The van der Waals surface area contributed by atoms with Gasteiger partial charge in [0.2, 0.25) is 5.88 Å². The highest BCUT2D eigenvalue weighted by molar-refractivity contribution is 7.14. The maximum atomic E-state index is 5.32. The zero-order valence-electron chi connectivity index (χ0n) is 12.1. The van der Waals surface area contributed by atoms with Crippen LogP contribution in [0.3, 0.4) is 0 Å². The third-order valence-electron chi connectivity index (χ3n) is 2.81. The maximum Gasteiger partial charge on any atom is 0.234 e. The summed E-state index contributed by atoms with van der Waals surface area (Å²) in [5, 5.41) is 13.4. The van der Waals surface area contributed by atoms with Crippen molar-refractivity contribution in [3.05, 3.63) is 47.7 Å². The summed E-state index contributed by atoms with van der Waals surface area (Å²) in [6, 6.07) is 10.0. The first-order valence-corrected chi connectivity index (χ1v) is 7.73. The molecule has 0 spiro atoms. The number of nitrogens with zero attached hydrogens (tertiary/aromatic N) is 4. The van der Waals surface area contributed by atoms with Crippen molar-refractivity contribution in [3.8, 4) is 16.5 Å². The Morgan fingerprint density at radius 1 is 1.14 bits per heavy atom. The highest BCUT2D eigenvalue weighted by Crippen LogP contribution is 2.23. The van der Waals surface area contributed by atoms with E-state index >= 15 is 0 Å². The number of rotatable bonds is 6. The van der Waals surface area contributed by atoms with Crippen LogP contribution >= 0.6 is 11.3 Å². The van der Waals surface area contributed by atoms with Crippen molar-refractivity contribution < 1.29 is 4.74 Å². The second kappa shape index (κ2) is 6.95. The lowest BCUT2D eigenvalue weighted by Crippen LogP contribution is -2.03. The average molecular weight is 313 g/mol. The summed E-state index contributed by atoms with van der Waals surface area (Å²) in [5.74, 6) is 1.16. The van der Waals surface area contributed by atoms with E-state index in [-0.39, 0.29) is 0 Å². The summed E-state index contributed by atoms with van der Waals surface area (Å²) in [4.78, 5) is 8.39. The van der Waals surface area contributed by atoms with Gasteiger partial charge in [0.1, 0.15) is 15.8 Å². The van der Waals surface area contributed by atoms with Gasteiger partial charge in [-0.2, -0.15) is 4.98 Å². The van der Waals surface area contributed by atoms with Gasteiger partial charge in [-0.25, -0.2) is 0 Å². The minimum Gasteiger partial charge on any atom is -0.477 e. The molecular formula is C15H15N5OS.